The third-order valence-corrected chi connectivity index (χ3v) is 8.57. The Morgan fingerprint density at radius 3 is 2.41 bits per heavy atom. The minimum atomic E-state index is -4.10. The Kier molecular flexibility index (Phi) is 6.66. The molecule has 0 spiro atoms. The zero-order valence-corrected chi connectivity index (χ0v) is 20.4. The topological polar surface area (TPSA) is 95.9 Å². The number of benzene rings is 3. The van der Waals surface area contributed by atoms with Crippen molar-refractivity contribution in [3.8, 4) is 0 Å². The zero-order valence-electron chi connectivity index (χ0n) is 18.0. The number of halogens is 2. The van der Waals surface area contributed by atoms with Gasteiger partial charge in [0, 0.05) is 17.1 Å². The molecule has 7 nitrogen and oxygen atoms in total. The van der Waals surface area contributed by atoms with Gasteiger partial charge in [-0.05, 0) is 66.6 Å². The second kappa shape index (κ2) is 9.36. The van der Waals surface area contributed by atoms with E-state index in [9.17, 15) is 21.2 Å². The Morgan fingerprint density at radius 1 is 1.03 bits per heavy atom. The molecule has 1 heterocycles. The van der Waals surface area contributed by atoms with Crippen molar-refractivity contribution in [3.05, 3.63) is 94.8 Å². The minimum absolute atomic E-state index is 0.00670. The first-order chi connectivity index (χ1) is 16.1. The van der Waals surface area contributed by atoms with Crippen LogP contribution in [-0.4, -0.2) is 32.7 Å². The molecule has 1 aliphatic rings. The molecular weight excluding hydrogens is 501 g/mol. The predicted octanol–water partition coefficient (Wildman–Crippen LogP) is 4.78. The fourth-order valence-electron chi connectivity index (χ4n) is 3.58. The van der Waals surface area contributed by atoms with Crippen molar-refractivity contribution in [2.24, 2.45) is 5.10 Å². The van der Waals surface area contributed by atoms with Crippen molar-refractivity contribution < 1.29 is 21.2 Å². The van der Waals surface area contributed by atoms with Crippen molar-refractivity contribution in [2.75, 3.05) is 10.5 Å². The Labute approximate surface area is 203 Å². The van der Waals surface area contributed by atoms with Crippen molar-refractivity contribution in [3.63, 3.8) is 0 Å². The lowest BCUT2D eigenvalue weighted by molar-refractivity contribution is 0.370. The fourth-order valence-corrected chi connectivity index (χ4v) is 5.77. The lowest BCUT2D eigenvalue weighted by atomic mass is 9.99. The average Bonchev–Trinajstić information content (AvgIpc) is 3.26. The summed E-state index contributed by atoms with van der Waals surface area (Å²) in [6.07, 6.45) is 0.167. The van der Waals surface area contributed by atoms with E-state index in [1.807, 2.05) is 0 Å². The quantitative estimate of drug-likeness (QED) is 0.484. The first-order valence-electron chi connectivity index (χ1n) is 10.3. The highest BCUT2D eigenvalue weighted by atomic mass is 35.5. The van der Waals surface area contributed by atoms with E-state index in [4.69, 9.17) is 11.6 Å². The maximum atomic E-state index is 14.0. The molecule has 0 fully saturated rings. The third kappa shape index (κ3) is 5.08. The molecular formula is C23H21ClFN3O4S2. The van der Waals surface area contributed by atoms with Crippen LogP contribution < -0.4 is 4.72 Å². The van der Waals surface area contributed by atoms with Crippen molar-refractivity contribution >= 4 is 43.0 Å². The molecule has 0 saturated carbocycles. The Balaban J connectivity index is 1.77. The molecule has 0 bridgehead atoms. The van der Waals surface area contributed by atoms with Crippen LogP contribution in [0.4, 0.5) is 10.1 Å². The normalized spacial score (nSPS) is 16.4. The van der Waals surface area contributed by atoms with Gasteiger partial charge in [0.25, 0.3) is 10.0 Å². The summed E-state index contributed by atoms with van der Waals surface area (Å²) in [6, 6.07) is 17.2. The SMILES string of the molecule is CCS(=O)(=O)Nc1cccc(C2=NN(S(=O)(=O)c3ccc(Cl)cc3)C(c3cccc(F)c3)C2)c1. The summed E-state index contributed by atoms with van der Waals surface area (Å²) in [4.78, 5) is -0.00670. The molecule has 1 unspecified atom stereocenters. The first-order valence-corrected chi connectivity index (χ1v) is 13.8. The number of anilines is 1. The predicted molar refractivity (Wildman–Crippen MR) is 130 cm³/mol. The minimum Gasteiger partial charge on any atom is -0.284 e. The van der Waals surface area contributed by atoms with Crippen molar-refractivity contribution in [1.29, 1.82) is 0 Å². The summed E-state index contributed by atoms with van der Waals surface area (Å²) in [6.45, 7) is 1.52. The van der Waals surface area contributed by atoms with E-state index < -0.39 is 31.9 Å². The Hall–Kier alpha value is -2.95. The fraction of sp³-hybridized carbons (Fsp3) is 0.174. The molecule has 11 heteroatoms. The molecule has 0 aliphatic carbocycles. The van der Waals surface area contributed by atoms with Gasteiger partial charge in [0.2, 0.25) is 10.0 Å². The summed E-state index contributed by atoms with van der Waals surface area (Å²) < 4.78 is 68.3. The number of hydrogen-bond donors (Lipinski definition) is 1. The standard InChI is InChI=1S/C23H21ClFN3O4S2/c1-2-33(29,30)27-20-8-4-5-16(14-20)22-15-23(17-6-3-7-19(25)13-17)28(26-22)34(31,32)21-11-9-18(24)10-12-21/h3-14,23,27H,2,15H2,1H3. The Morgan fingerprint density at radius 2 is 1.74 bits per heavy atom. The molecule has 0 saturated heterocycles. The van der Waals surface area contributed by atoms with E-state index in [1.54, 1.807) is 30.3 Å². The van der Waals surface area contributed by atoms with E-state index >= 15 is 0 Å². The molecule has 1 aliphatic heterocycles. The van der Waals surface area contributed by atoms with Crippen LogP contribution in [0.5, 0.6) is 0 Å². The third-order valence-electron chi connectivity index (χ3n) is 5.31. The van der Waals surface area contributed by atoms with Crippen molar-refractivity contribution in [1.82, 2.24) is 4.41 Å². The molecule has 4 rings (SSSR count). The van der Waals surface area contributed by atoms with Gasteiger partial charge in [-0.1, -0.05) is 35.9 Å². The molecule has 3 aromatic carbocycles. The van der Waals surface area contributed by atoms with E-state index in [0.717, 1.165) is 4.41 Å². The number of rotatable bonds is 7. The van der Waals surface area contributed by atoms with Crippen LogP contribution in [0.3, 0.4) is 0 Å². The molecule has 0 aromatic heterocycles. The lowest BCUT2D eigenvalue weighted by Crippen LogP contribution is -2.27. The van der Waals surface area contributed by atoms with Gasteiger partial charge in [-0.15, -0.1) is 0 Å². The average molecular weight is 522 g/mol. The van der Waals surface area contributed by atoms with E-state index in [2.05, 4.69) is 9.82 Å². The second-order valence-corrected chi connectivity index (χ2v) is 11.9. The van der Waals surface area contributed by atoms with Gasteiger partial charge < -0.3 is 0 Å². The molecule has 0 amide bonds. The van der Waals surface area contributed by atoms with Crippen LogP contribution in [0, 0.1) is 5.82 Å². The number of hydrazone groups is 1. The molecule has 34 heavy (non-hydrogen) atoms. The molecule has 1 N–H and O–H groups in total. The summed E-state index contributed by atoms with van der Waals surface area (Å²) in [7, 11) is -7.59. The summed E-state index contributed by atoms with van der Waals surface area (Å²) in [5, 5.41) is 4.79. The number of nitrogens with one attached hydrogen (secondary N) is 1. The molecule has 3 aromatic rings. The summed E-state index contributed by atoms with van der Waals surface area (Å²) >= 11 is 5.91. The lowest BCUT2D eigenvalue weighted by Gasteiger charge is -2.23. The monoisotopic (exact) mass is 521 g/mol. The highest BCUT2D eigenvalue weighted by molar-refractivity contribution is 7.92. The van der Waals surface area contributed by atoms with E-state index in [1.165, 1.54) is 49.4 Å². The van der Waals surface area contributed by atoms with Crippen LogP contribution >= 0.6 is 11.6 Å². The molecule has 1 atom stereocenters. The van der Waals surface area contributed by atoms with Gasteiger partial charge in [0.15, 0.2) is 0 Å². The molecule has 0 radical (unpaired) electrons. The summed E-state index contributed by atoms with van der Waals surface area (Å²) in [5.74, 6) is -0.585. The van der Waals surface area contributed by atoms with E-state index in [0.29, 0.717) is 27.5 Å². The molecule has 178 valence electrons. The highest BCUT2D eigenvalue weighted by Gasteiger charge is 2.38. The van der Waals surface area contributed by atoms with Crippen LogP contribution in [0.25, 0.3) is 0 Å². The van der Waals surface area contributed by atoms with Gasteiger partial charge in [-0.2, -0.15) is 17.9 Å². The maximum Gasteiger partial charge on any atom is 0.279 e. The van der Waals surface area contributed by atoms with Gasteiger partial charge >= 0.3 is 0 Å². The van der Waals surface area contributed by atoms with Crippen LogP contribution in [0.15, 0.2) is 82.8 Å². The number of hydrogen-bond acceptors (Lipinski definition) is 5. The van der Waals surface area contributed by atoms with Gasteiger partial charge in [0.05, 0.1) is 22.4 Å². The van der Waals surface area contributed by atoms with Gasteiger partial charge in [0.1, 0.15) is 5.82 Å². The smallest absolute Gasteiger partial charge is 0.279 e. The number of nitrogens with zero attached hydrogens (tertiary/aromatic N) is 2. The van der Waals surface area contributed by atoms with Crippen LogP contribution in [-0.2, 0) is 20.0 Å². The van der Waals surface area contributed by atoms with Crippen molar-refractivity contribution in [2.45, 2.75) is 24.3 Å². The maximum absolute atomic E-state index is 14.0. The van der Waals surface area contributed by atoms with E-state index in [-0.39, 0.29) is 17.1 Å². The van der Waals surface area contributed by atoms with Gasteiger partial charge in [-0.3, -0.25) is 4.72 Å². The second-order valence-electron chi connectivity index (χ2n) is 7.64. The summed E-state index contributed by atoms with van der Waals surface area (Å²) in [5.41, 5.74) is 1.75. The van der Waals surface area contributed by atoms with Gasteiger partial charge in [-0.25, -0.2) is 12.8 Å². The van der Waals surface area contributed by atoms with Crippen LogP contribution in [0.1, 0.15) is 30.5 Å². The first kappa shape index (κ1) is 24.2. The zero-order chi connectivity index (χ0) is 24.5. The highest BCUT2D eigenvalue weighted by Crippen LogP contribution is 2.37. The Bertz CT molecular complexity index is 1460. The van der Waals surface area contributed by atoms with Crippen LogP contribution in [0.2, 0.25) is 5.02 Å². The largest absolute Gasteiger partial charge is 0.284 e. The number of sulfonamides is 2.